The molecule has 1 aliphatic heterocycles. The highest BCUT2D eigenvalue weighted by molar-refractivity contribution is 4.72. The Morgan fingerprint density at radius 1 is 1.15 bits per heavy atom. The predicted octanol–water partition coefficient (Wildman–Crippen LogP) is 3.15. The second-order valence-electron chi connectivity index (χ2n) is 4.66. The van der Waals surface area contributed by atoms with Crippen molar-refractivity contribution in [2.45, 2.75) is 46.0 Å². The summed E-state index contributed by atoms with van der Waals surface area (Å²) in [6.45, 7) is 7.32. The fourth-order valence-electron chi connectivity index (χ4n) is 2.39. The molecule has 0 aliphatic carbocycles. The van der Waals surface area contributed by atoms with Gasteiger partial charge in [0.05, 0.1) is 0 Å². The SMILES string of the molecule is CCC(CC)CC1CCN(C)CC1. The van der Waals surface area contributed by atoms with Crippen molar-refractivity contribution in [2.75, 3.05) is 20.1 Å². The Hall–Kier alpha value is -0.0400. The molecule has 0 bridgehead atoms. The molecule has 78 valence electrons. The summed E-state index contributed by atoms with van der Waals surface area (Å²) in [6, 6.07) is 0. The van der Waals surface area contributed by atoms with Gasteiger partial charge in [0.25, 0.3) is 0 Å². The molecule has 0 radical (unpaired) electrons. The van der Waals surface area contributed by atoms with E-state index in [1.54, 1.807) is 0 Å². The predicted molar refractivity (Wildman–Crippen MR) is 58.9 cm³/mol. The molecular weight excluding hydrogens is 158 g/mol. The largest absolute Gasteiger partial charge is 0.306 e. The van der Waals surface area contributed by atoms with Crippen molar-refractivity contribution in [3.63, 3.8) is 0 Å². The van der Waals surface area contributed by atoms with E-state index in [2.05, 4.69) is 25.8 Å². The monoisotopic (exact) mass is 183 g/mol. The fourth-order valence-corrected chi connectivity index (χ4v) is 2.39. The molecule has 1 heterocycles. The van der Waals surface area contributed by atoms with Crippen LogP contribution in [0, 0.1) is 11.8 Å². The van der Waals surface area contributed by atoms with E-state index in [0.717, 1.165) is 11.8 Å². The van der Waals surface area contributed by atoms with Crippen LogP contribution in [0.2, 0.25) is 0 Å². The Balaban J connectivity index is 2.21. The van der Waals surface area contributed by atoms with Gasteiger partial charge in [0, 0.05) is 0 Å². The van der Waals surface area contributed by atoms with Crippen LogP contribution in [0.5, 0.6) is 0 Å². The third-order valence-electron chi connectivity index (χ3n) is 3.66. The van der Waals surface area contributed by atoms with Crippen molar-refractivity contribution in [2.24, 2.45) is 11.8 Å². The molecule has 0 aromatic carbocycles. The van der Waals surface area contributed by atoms with E-state index >= 15 is 0 Å². The average molecular weight is 183 g/mol. The van der Waals surface area contributed by atoms with Crippen LogP contribution in [-0.4, -0.2) is 25.0 Å². The summed E-state index contributed by atoms with van der Waals surface area (Å²) in [6.07, 6.45) is 7.12. The molecule has 1 fully saturated rings. The maximum Gasteiger partial charge on any atom is -0.00191 e. The second kappa shape index (κ2) is 5.64. The molecule has 1 heteroatoms. The number of rotatable bonds is 4. The summed E-state index contributed by atoms with van der Waals surface area (Å²) < 4.78 is 0. The van der Waals surface area contributed by atoms with Crippen molar-refractivity contribution in [3.8, 4) is 0 Å². The maximum atomic E-state index is 2.46. The summed E-state index contributed by atoms with van der Waals surface area (Å²) >= 11 is 0. The Morgan fingerprint density at radius 2 is 1.69 bits per heavy atom. The van der Waals surface area contributed by atoms with Gasteiger partial charge in [0.2, 0.25) is 0 Å². The Kier molecular flexibility index (Phi) is 4.79. The van der Waals surface area contributed by atoms with Crippen LogP contribution >= 0.6 is 0 Å². The topological polar surface area (TPSA) is 3.24 Å². The molecule has 0 unspecified atom stereocenters. The number of hydrogen-bond donors (Lipinski definition) is 0. The lowest BCUT2D eigenvalue weighted by Gasteiger charge is -2.30. The first-order valence-corrected chi connectivity index (χ1v) is 5.94. The number of likely N-dealkylation sites (tertiary alicyclic amines) is 1. The zero-order chi connectivity index (χ0) is 9.68. The highest BCUT2D eigenvalue weighted by atomic mass is 15.1. The van der Waals surface area contributed by atoms with Gasteiger partial charge < -0.3 is 4.90 Å². The summed E-state index contributed by atoms with van der Waals surface area (Å²) in [5, 5.41) is 0. The average Bonchev–Trinajstić information content (AvgIpc) is 2.17. The van der Waals surface area contributed by atoms with E-state index in [1.807, 2.05) is 0 Å². The molecule has 0 amide bonds. The van der Waals surface area contributed by atoms with Gasteiger partial charge in [-0.2, -0.15) is 0 Å². The van der Waals surface area contributed by atoms with Gasteiger partial charge in [-0.3, -0.25) is 0 Å². The summed E-state index contributed by atoms with van der Waals surface area (Å²) in [4.78, 5) is 2.46. The molecule has 0 atom stereocenters. The van der Waals surface area contributed by atoms with Crippen LogP contribution in [-0.2, 0) is 0 Å². The summed E-state index contributed by atoms with van der Waals surface area (Å²) in [7, 11) is 2.24. The summed E-state index contributed by atoms with van der Waals surface area (Å²) in [5.41, 5.74) is 0. The molecule has 0 aromatic rings. The van der Waals surface area contributed by atoms with Gasteiger partial charge in [-0.15, -0.1) is 0 Å². The molecule has 0 aromatic heterocycles. The number of hydrogen-bond acceptors (Lipinski definition) is 1. The van der Waals surface area contributed by atoms with E-state index < -0.39 is 0 Å². The van der Waals surface area contributed by atoms with Crippen molar-refractivity contribution in [3.05, 3.63) is 0 Å². The van der Waals surface area contributed by atoms with Crippen LogP contribution in [0.3, 0.4) is 0 Å². The second-order valence-corrected chi connectivity index (χ2v) is 4.66. The minimum absolute atomic E-state index is 0.994. The van der Waals surface area contributed by atoms with Crippen molar-refractivity contribution < 1.29 is 0 Å². The van der Waals surface area contributed by atoms with Crippen molar-refractivity contribution >= 4 is 0 Å². The molecule has 1 saturated heterocycles. The Labute approximate surface area is 83.5 Å². The first kappa shape index (κ1) is 11.0. The molecule has 1 nitrogen and oxygen atoms in total. The molecule has 0 spiro atoms. The van der Waals surface area contributed by atoms with Crippen LogP contribution in [0.1, 0.15) is 46.0 Å². The Bertz CT molecular complexity index is 121. The van der Waals surface area contributed by atoms with Crippen LogP contribution in [0.4, 0.5) is 0 Å². The smallest absolute Gasteiger partial charge is 0.00191 e. The Morgan fingerprint density at radius 3 is 2.15 bits per heavy atom. The molecule has 1 aliphatic rings. The van der Waals surface area contributed by atoms with Crippen LogP contribution in [0.15, 0.2) is 0 Å². The third-order valence-corrected chi connectivity index (χ3v) is 3.66. The highest BCUT2D eigenvalue weighted by Crippen LogP contribution is 2.26. The lowest BCUT2D eigenvalue weighted by atomic mass is 9.85. The quantitative estimate of drug-likeness (QED) is 0.647. The number of piperidine rings is 1. The van der Waals surface area contributed by atoms with Crippen LogP contribution < -0.4 is 0 Å². The lowest BCUT2D eigenvalue weighted by Crippen LogP contribution is -2.30. The van der Waals surface area contributed by atoms with E-state index in [4.69, 9.17) is 0 Å². The minimum atomic E-state index is 0.994. The highest BCUT2D eigenvalue weighted by Gasteiger charge is 2.18. The lowest BCUT2D eigenvalue weighted by molar-refractivity contribution is 0.192. The number of nitrogens with zero attached hydrogens (tertiary/aromatic N) is 1. The maximum absolute atomic E-state index is 2.46. The summed E-state index contributed by atoms with van der Waals surface area (Å²) in [5.74, 6) is 2.02. The van der Waals surface area contributed by atoms with Gasteiger partial charge in [-0.1, -0.05) is 26.7 Å². The van der Waals surface area contributed by atoms with Gasteiger partial charge in [0.15, 0.2) is 0 Å². The molecular formula is C12H25N. The third kappa shape index (κ3) is 3.68. The van der Waals surface area contributed by atoms with E-state index in [-0.39, 0.29) is 0 Å². The van der Waals surface area contributed by atoms with Gasteiger partial charge in [-0.05, 0) is 51.2 Å². The first-order valence-electron chi connectivity index (χ1n) is 5.94. The molecule has 13 heavy (non-hydrogen) atoms. The van der Waals surface area contributed by atoms with Crippen molar-refractivity contribution in [1.82, 2.24) is 4.90 Å². The zero-order valence-corrected chi connectivity index (χ0v) is 9.55. The minimum Gasteiger partial charge on any atom is -0.306 e. The van der Waals surface area contributed by atoms with E-state index in [9.17, 15) is 0 Å². The first-order chi connectivity index (χ1) is 6.26. The van der Waals surface area contributed by atoms with Crippen LogP contribution in [0.25, 0.3) is 0 Å². The molecule has 1 rings (SSSR count). The van der Waals surface area contributed by atoms with Gasteiger partial charge >= 0.3 is 0 Å². The van der Waals surface area contributed by atoms with E-state index in [1.165, 1.54) is 45.2 Å². The zero-order valence-electron chi connectivity index (χ0n) is 9.55. The fraction of sp³-hybridized carbons (Fsp3) is 1.00. The van der Waals surface area contributed by atoms with Crippen molar-refractivity contribution in [1.29, 1.82) is 0 Å². The normalized spacial score (nSPS) is 21.2. The standard InChI is InChI=1S/C12H25N/c1-4-11(5-2)10-12-6-8-13(3)9-7-12/h11-12H,4-10H2,1-3H3. The van der Waals surface area contributed by atoms with Gasteiger partial charge in [0.1, 0.15) is 0 Å². The molecule has 0 N–H and O–H groups in total. The van der Waals surface area contributed by atoms with E-state index in [0.29, 0.717) is 0 Å². The van der Waals surface area contributed by atoms with Gasteiger partial charge in [-0.25, -0.2) is 0 Å². The molecule has 0 saturated carbocycles.